The van der Waals surface area contributed by atoms with Crippen molar-refractivity contribution < 1.29 is 13.4 Å². The number of carbonyl (C=O) groups excluding carboxylic acids is 1. The van der Waals surface area contributed by atoms with Gasteiger partial charge in [0.05, 0.1) is 16.5 Å². The summed E-state index contributed by atoms with van der Waals surface area (Å²) in [6, 6.07) is 10.8. The topological polar surface area (TPSA) is 78.7 Å². The lowest BCUT2D eigenvalue weighted by Gasteiger charge is -2.34. The third-order valence-corrected chi connectivity index (χ3v) is 6.15. The van der Waals surface area contributed by atoms with E-state index in [1.165, 1.54) is 6.08 Å². The molecule has 1 fully saturated rings. The Morgan fingerprint density at radius 3 is 2.61 bits per heavy atom. The van der Waals surface area contributed by atoms with Crippen LogP contribution in [0.15, 0.2) is 70.8 Å². The van der Waals surface area contributed by atoms with E-state index in [0.29, 0.717) is 23.7 Å². The number of hydrogen-bond acceptors (Lipinski definition) is 5. The summed E-state index contributed by atoms with van der Waals surface area (Å²) in [5.41, 5.74) is 1.47. The molecule has 0 bridgehead atoms. The van der Waals surface area contributed by atoms with Gasteiger partial charge in [-0.15, -0.1) is 0 Å². The second-order valence-corrected chi connectivity index (χ2v) is 7.84. The molecular weight excluding hydrogens is 376 g/mol. The zero-order chi connectivity index (χ0) is 19.5. The van der Waals surface area contributed by atoms with Gasteiger partial charge in [0.2, 0.25) is 5.91 Å². The van der Waals surface area contributed by atoms with Gasteiger partial charge in [-0.1, -0.05) is 6.58 Å². The van der Waals surface area contributed by atoms with E-state index in [9.17, 15) is 9.00 Å². The predicted molar refractivity (Wildman–Crippen MR) is 109 cm³/mol. The number of hydrogen-bond donors (Lipinski definition) is 1. The first-order chi connectivity index (χ1) is 13.7. The molecule has 1 aliphatic rings. The van der Waals surface area contributed by atoms with Gasteiger partial charge >= 0.3 is 0 Å². The number of benzene rings is 1. The molecule has 1 atom stereocenters. The molecule has 3 aromatic rings. The van der Waals surface area contributed by atoms with E-state index in [1.807, 2.05) is 16.4 Å². The monoisotopic (exact) mass is 396 g/mol. The highest BCUT2D eigenvalue weighted by atomic mass is 32.2. The fourth-order valence-electron chi connectivity index (χ4n) is 3.19. The molecule has 1 N–H and O–H groups in total. The average Bonchev–Trinajstić information content (AvgIpc) is 3.23. The number of rotatable bonds is 5. The van der Waals surface area contributed by atoms with Gasteiger partial charge < -0.3 is 14.6 Å². The molecule has 1 aromatic carbocycles. The molecule has 0 aliphatic carbocycles. The Morgan fingerprint density at radius 1 is 1.14 bits per heavy atom. The molecule has 144 valence electrons. The molecule has 3 heterocycles. The summed E-state index contributed by atoms with van der Waals surface area (Å²) in [6.45, 7) is 6.22. The number of aromatic nitrogens is 1. The van der Waals surface area contributed by atoms with Crippen LogP contribution in [0, 0.1) is 0 Å². The fraction of sp³-hybridized carbons (Fsp3) is 0.200. The Bertz CT molecular complexity index is 1020. The van der Waals surface area contributed by atoms with E-state index < -0.39 is 11.0 Å². The first-order valence-corrected chi connectivity index (χ1v) is 10.0. The Balaban J connectivity index is 1.40. The Labute approximate surface area is 165 Å². The minimum absolute atomic E-state index is 0.272. The highest BCUT2D eigenvalue weighted by Gasteiger charge is 2.24. The summed E-state index contributed by atoms with van der Waals surface area (Å²) in [5, 5.41) is 3.68. The lowest BCUT2D eigenvalue weighted by atomic mass is 10.2. The van der Waals surface area contributed by atoms with E-state index in [4.69, 9.17) is 4.42 Å². The summed E-state index contributed by atoms with van der Waals surface area (Å²) in [5.74, 6) is 0.630. The number of pyridine rings is 1. The van der Waals surface area contributed by atoms with Crippen LogP contribution in [0.2, 0.25) is 0 Å². The molecule has 1 saturated heterocycles. The van der Waals surface area contributed by atoms with Crippen LogP contribution < -0.4 is 10.2 Å². The first-order valence-electron chi connectivity index (χ1n) is 8.93. The Hall–Kier alpha value is -2.97. The van der Waals surface area contributed by atoms with Crippen molar-refractivity contribution in [2.75, 3.05) is 36.4 Å². The Kier molecular flexibility index (Phi) is 5.23. The molecule has 1 unspecified atom stereocenters. The van der Waals surface area contributed by atoms with Crippen molar-refractivity contribution in [1.29, 1.82) is 0 Å². The normalized spacial score (nSPS) is 16.1. The summed E-state index contributed by atoms with van der Waals surface area (Å²) < 4.78 is 20.3. The first kappa shape index (κ1) is 18.4. The van der Waals surface area contributed by atoms with Crippen LogP contribution in [0.5, 0.6) is 0 Å². The number of amides is 1. The average molecular weight is 396 g/mol. The van der Waals surface area contributed by atoms with Crippen molar-refractivity contribution in [1.82, 2.24) is 9.29 Å². The van der Waals surface area contributed by atoms with Gasteiger partial charge in [0.15, 0.2) is 0 Å². The van der Waals surface area contributed by atoms with E-state index in [-0.39, 0.29) is 5.91 Å². The van der Waals surface area contributed by atoms with Gasteiger partial charge in [0.25, 0.3) is 0 Å². The minimum Gasteiger partial charge on any atom is -0.464 e. The number of carbonyl (C=O) groups is 1. The standard InChI is InChI=1S/C20H20N4O3S/c1-2-19(25)22-15-3-5-16(6-4-15)28(26)24-12-10-23(11-13-24)20-17-8-14-27-18(17)7-9-21-20/h2-9,14H,1,10-13H2,(H,22,25). The molecule has 0 radical (unpaired) electrons. The molecule has 8 heteroatoms. The van der Waals surface area contributed by atoms with Crippen LogP contribution in [0.4, 0.5) is 11.5 Å². The van der Waals surface area contributed by atoms with E-state index in [2.05, 4.69) is 21.8 Å². The van der Waals surface area contributed by atoms with E-state index in [0.717, 1.165) is 29.9 Å². The van der Waals surface area contributed by atoms with Crippen molar-refractivity contribution in [3.05, 3.63) is 61.5 Å². The lowest BCUT2D eigenvalue weighted by molar-refractivity contribution is -0.111. The van der Waals surface area contributed by atoms with Gasteiger partial charge in [-0.25, -0.2) is 13.5 Å². The molecule has 7 nitrogen and oxygen atoms in total. The number of anilines is 2. The highest BCUT2D eigenvalue weighted by Crippen LogP contribution is 2.26. The maximum Gasteiger partial charge on any atom is 0.247 e. The van der Waals surface area contributed by atoms with Crippen molar-refractivity contribution in [2.45, 2.75) is 4.90 Å². The molecule has 2 aromatic heterocycles. The van der Waals surface area contributed by atoms with Gasteiger partial charge in [-0.3, -0.25) is 4.79 Å². The summed E-state index contributed by atoms with van der Waals surface area (Å²) in [6.07, 6.45) is 4.63. The van der Waals surface area contributed by atoms with Crippen LogP contribution >= 0.6 is 0 Å². The molecule has 28 heavy (non-hydrogen) atoms. The number of piperazine rings is 1. The summed E-state index contributed by atoms with van der Waals surface area (Å²) >= 11 is 0. The van der Waals surface area contributed by atoms with Crippen LogP contribution in [-0.2, 0) is 15.8 Å². The second-order valence-electron chi connectivity index (χ2n) is 6.35. The van der Waals surface area contributed by atoms with Crippen LogP contribution in [0.1, 0.15) is 0 Å². The van der Waals surface area contributed by atoms with Crippen LogP contribution in [-0.4, -0.2) is 45.6 Å². The van der Waals surface area contributed by atoms with E-state index in [1.54, 1.807) is 36.7 Å². The second kappa shape index (κ2) is 7.95. The summed E-state index contributed by atoms with van der Waals surface area (Å²) in [7, 11) is -1.25. The van der Waals surface area contributed by atoms with E-state index >= 15 is 0 Å². The molecular formula is C20H20N4O3S. The van der Waals surface area contributed by atoms with Crippen LogP contribution in [0.25, 0.3) is 11.0 Å². The largest absolute Gasteiger partial charge is 0.464 e. The maximum atomic E-state index is 12.9. The zero-order valence-corrected chi connectivity index (χ0v) is 16.0. The number of fused-ring (bicyclic) bond motifs is 1. The third kappa shape index (κ3) is 3.69. The molecule has 4 rings (SSSR count). The SMILES string of the molecule is C=CC(=O)Nc1ccc(S(=O)N2CCN(c3nccc4occc34)CC2)cc1. The van der Waals surface area contributed by atoms with Crippen molar-refractivity contribution in [3.63, 3.8) is 0 Å². The number of furan rings is 1. The smallest absolute Gasteiger partial charge is 0.247 e. The van der Waals surface area contributed by atoms with Crippen LogP contribution in [0.3, 0.4) is 0 Å². The number of nitrogens with one attached hydrogen (secondary N) is 1. The quantitative estimate of drug-likeness (QED) is 0.671. The van der Waals surface area contributed by atoms with Crippen molar-refractivity contribution in [3.8, 4) is 0 Å². The molecule has 0 spiro atoms. The molecule has 0 saturated carbocycles. The molecule has 1 aliphatic heterocycles. The van der Waals surface area contributed by atoms with Crippen molar-refractivity contribution >= 4 is 39.4 Å². The predicted octanol–water partition coefficient (Wildman–Crippen LogP) is 2.80. The highest BCUT2D eigenvalue weighted by molar-refractivity contribution is 7.82. The zero-order valence-electron chi connectivity index (χ0n) is 15.2. The number of nitrogens with zero attached hydrogens (tertiary/aromatic N) is 3. The van der Waals surface area contributed by atoms with Gasteiger partial charge in [0, 0.05) is 38.1 Å². The fourth-order valence-corrected chi connectivity index (χ4v) is 4.36. The molecule has 1 amide bonds. The van der Waals surface area contributed by atoms with Gasteiger partial charge in [-0.2, -0.15) is 0 Å². The summed E-state index contributed by atoms with van der Waals surface area (Å²) in [4.78, 5) is 18.8. The third-order valence-electron chi connectivity index (χ3n) is 4.64. The van der Waals surface area contributed by atoms with Crippen molar-refractivity contribution in [2.24, 2.45) is 0 Å². The van der Waals surface area contributed by atoms with Gasteiger partial charge in [-0.05, 0) is 42.5 Å². The lowest BCUT2D eigenvalue weighted by Crippen LogP contribution is -2.47. The Morgan fingerprint density at radius 2 is 1.89 bits per heavy atom. The minimum atomic E-state index is -1.25. The van der Waals surface area contributed by atoms with Gasteiger partial charge in [0.1, 0.15) is 22.4 Å². The maximum absolute atomic E-state index is 12.9.